The van der Waals surface area contributed by atoms with E-state index in [4.69, 9.17) is 0 Å². The molecule has 0 fully saturated rings. The van der Waals surface area contributed by atoms with Crippen molar-refractivity contribution in [1.29, 1.82) is 0 Å². The summed E-state index contributed by atoms with van der Waals surface area (Å²) >= 11 is 3.46. The predicted molar refractivity (Wildman–Crippen MR) is 67.5 cm³/mol. The lowest BCUT2D eigenvalue weighted by atomic mass is 10.1. The van der Waals surface area contributed by atoms with Crippen LogP contribution in [0.3, 0.4) is 0 Å². The van der Waals surface area contributed by atoms with Gasteiger partial charge in [-0.2, -0.15) is 0 Å². The Hall–Kier alpha value is -0.830. The summed E-state index contributed by atoms with van der Waals surface area (Å²) < 4.78 is 1.09. The molecule has 0 heterocycles. The van der Waals surface area contributed by atoms with Gasteiger partial charge in [-0.15, -0.1) is 0 Å². The average Bonchev–Trinajstić information content (AvgIpc) is 2.20. The molecule has 0 aromatic heterocycles. The first-order chi connectivity index (χ1) is 7.15. The van der Waals surface area contributed by atoms with Gasteiger partial charge >= 0.3 is 0 Å². The molecule has 2 nitrogen and oxygen atoms in total. The van der Waals surface area contributed by atoms with E-state index < -0.39 is 0 Å². The van der Waals surface area contributed by atoms with Crippen LogP contribution in [0, 0.1) is 0 Å². The van der Waals surface area contributed by atoms with Crippen molar-refractivity contribution in [2.45, 2.75) is 19.3 Å². The van der Waals surface area contributed by atoms with Crippen molar-refractivity contribution in [3.8, 4) is 0 Å². The number of nitrogens with zero attached hydrogens (tertiary/aromatic N) is 1. The maximum Gasteiger partial charge on any atom is 0.120 e. The van der Waals surface area contributed by atoms with Crippen LogP contribution in [0.1, 0.15) is 18.4 Å². The van der Waals surface area contributed by atoms with E-state index >= 15 is 0 Å². The van der Waals surface area contributed by atoms with E-state index in [0.29, 0.717) is 6.42 Å². The molecule has 0 aliphatic carbocycles. The van der Waals surface area contributed by atoms with Gasteiger partial charge in [-0.1, -0.05) is 22.0 Å². The van der Waals surface area contributed by atoms with Crippen LogP contribution in [0.2, 0.25) is 0 Å². The highest BCUT2D eigenvalue weighted by Gasteiger charge is 2.04. The Morgan fingerprint density at radius 1 is 1.40 bits per heavy atom. The second kappa shape index (κ2) is 5.91. The number of hydrogen-bond acceptors (Lipinski definition) is 2. The van der Waals surface area contributed by atoms with Gasteiger partial charge in [0.2, 0.25) is 0 Å². The number of carbonyl (C=O) groups excluding carboxylic acids is 1. The molecule has 0 unspecified atom stereocenters. The van der Waals surface area contributed by atoms with Crippen molar-refractivity contribution in [1.82, 2.24) is 0 Å². The Labute approximate surface area is 99.4 Å². The van der Waals surface area contributed by atoms with Crippen LogP contribution in [-0.2, 0) is 11.2 Å². The highest BCUT2D eigenvalue weighted by Crippen LogP contribution is 2.24. The lowest BCUT2D eigenvalue weighted by molar-refractivity contribution is -0.107. The molecule has 1 aromatic carbocycles. The molecule has 0 amide bonds. The molecule has 15 heavy (non-hydrogen) atoms. The van der Waals surface area contributed by atoms with Crippen LogP contribution in [0.5, 0.6) is 0 Å². The van der Waals surface area contributed by atoms with Gasteiger partial charge in [-0.3, -0.25) is 0 Å². The predicted octanol–water partition coefficient (Wildman–Crippen LogP) is 3.04. The van der Waals surface area contributed by atoms with E-state index in [-0.39, 0.29) is 0 Å². The van der Waals surface area contributed by atoms with Gasteiger partial charge in [-0.05, 0) is 30.5 Å². The Morgan fingerprint density at radius 2 is 2.13 bits per heavy atom. The van der Waals surface area contributed by atoms with E-state index in [9.17, 15) is 4.79 Å². The molecule has 0 saturated carbocycles. The fourth-order valence-corrected chi connectivity index (χ4v) is 1.89. The molecule has 0 bridgehead atoms. The number of halogens is 1. The first-order valence-electron chi connectivity index (χ1n) is 5.04. The number of aryl methyl sites for hydroxylation is 1. The van der Waals surface area contributed by atoms with Gasteiger partial charge in [-0.25, -0.2) is 0 Å². The molecule has 0 atom stereocenters. The normalized spacial score (nSPS) is 10.1. The van der Waals surface area contributed by atoms with Crippen molar-refractivity contribution in [2.75, 3.05) is 19.0 Å². The Kier molecular flexibility index (Phi) is 4.82. The summed E-state index contributed by atoms with van der Waals surface area (Å²) in [4.78, 5) is 12.3. The number of aldehydes is 1. The third-order valence-corrected chi connectivity index (χ3v) is 2.79. The van der Waals surface area contributed by atoms with E-state index in [1.54, 1.807) is 0 Å². The zero-order valence-corrected chi connectivity index (χ0v) is 10.8. The van der Waals surface area contributed by atoms with Gasteiger partial charge in [0.25, 0.3) is 0 Å². The summed E-state index contributed by atoms with van der Waals surface area (Å²) in [6, 6.07) is 6.27. The third-order valence-electron chi connectivity index (χ3n) is 2.30. The van der Waals surface area contributed by atoms with Gasteiger partial charge in [0.15, 0.2) is 0 Å². The minimum atomic E-state index is 0.642. The molecular formula is C12H16BrNO. The van der Waals surface area contributed by atoms with Crippen LogP contribution >= 0.6 is 15.9 Å². The lowest BCUT2D eigenvalue weighted by Crippen LogP contribution is -2.11. The van der Waals surface area contributed by atoms with Crippen LogP contribution in [-0.4, -0.2) is 20.4 Å². The SMILES string of the molecule is CN(C)c1cc(Br)ccc1CCCC=O. The number of unbranched alkanes of at least 4 members (excludes halogenated alkanes) is 1. The second-order valence-corrected chi connectivity index (χ2v) is 4.64. The van der Waals surface area contributed by atoms with Crippen LogP contribution in [0.15, 0.2) is 22.7 Å². The van der Waals surface area contributed by atoms with Crippen LogP contribution in [0.25, 0.3) is 0 Å². The molecule has 1 rings (SSSR count). The number of rotatable bonds is 5. The second-order valence-electron chi connectivity index (χ2n) is 3.73. The quantitative estimate of drug-likeness (QED) is 0.605. The third kappa shape index (κ3) is 3.67. The van der Waals surface area contributed by atoms with E-state index in [1.165, 1.54) is 11.3 Å². The average molecular weight is 270 g/mol. The molecule has 82 valence electrons. The first kappa shape index (κ1) is 12.2. The molecule has 1 aromatic rings. The lowest BCUT2D eigenvalue weighted by Gasteiger charge is -2.17. The molecule has 3 heteroatoms. The molecule has 0 saturated heterocycles. The topological polar surface area (TPSA) is 20.3 Å². The number of benzene rings is 1. The molecule has 0 spiro atoms. The van der Waals surface area contributed by atoms with Crippen LogP contribution in [0.4, 0.5) is 5.69 Å². The zero-order valence-electron chi connectivity index (χ0n) is 9.16. The molecule has 0 N–H and O–H groups in total. The molecule has 0 radical (unpaired) electrons. The molecular weight excluding hydrogens is 254 g/mol. The maximum absolute atomic E-state index is 10.3. The van der Waals surface area contributed by atoms with E-state index in [2.05, 4.69) is 33.0 Å². The minimum absolute atomic E-state index is 0.642. The zero-order chi connectivity index (χ0) is 11.3. The van der Waals surface area contributed by atoms with E-state index in [0.717, 1.165) is 23.6 Å². The Morgan fingerprint density at radius 3 is 2.73 bits per heavy atom. The monoisotopic (exact) mass is 269 g/mol. The summed E-state index contributed by atoms with van der Waals surface area (Å²) in [5.74, 6) is 0. The fraction of sp³-hybridized carbons (Fsp3) is 0.417. The van der Waals surface area contributed by atoms with Crippen molar-refractivity contribution in [3.05, 3.63) is 28.2 Å². The Balaban J connectivity index is 2.81. The highest BCUT2D eigenvalue weighted by molar-refractivity contribution is 9.10. The Bertz CT molecular complexity index is 336. The van der Waals surface area contributed by atoms with Gasteiger partial charge in [0.1, 0.15) is 6.29 Å². The summed E-state index contributed by atoms with van der Waals surface area (Å²) in [5.41, 5.74) is 2.51. The largest absolute Gasteiger partial charge is 0.377 e. The van der Waals surface area contributed by atoms with Crippen molar-refractivity contribution >= 4 is 27.9 Å². The van der Waals surface area contributed by atoms with Gasteiger partial charge in [0, 0.05) is 30.7 Å². The highest BCUT2D eigenvalue weighted by atomic mass is 79.9. The summed E-state index contributed by atoms with van der Waals surface area (Å²) in [6.45, 7) is 0. The van der Waals surface area contributed by atoms with Gasteiger partial charge in [0.05, 0.1) is 0 Å². The maximum atomic E-state index is 10.3. The first-order valence-corrected chi connectivity index (χ1v) is 5.84. The molecule has 0 aliphatic heterocycles. The van der Waals surface area contributed by atoms with Gasteiger partial charge < -0.3 is 9.69 Å². The summed E-state index contributed by atoms with van der Waals surface area (Å²) in [5, 5.41) is 0. The molecule has 0 aliphatic rings. The standard InChI is InChI=1S/C12H16BrNO/c1-14(2)12-9-11(13)7-6-10(12)5-3-4-8-15/h6-9H,3-5H2,1-2H3. The summed E-state index contributed by atoms with van der Waals surface area (Å²) in [7, 11) is 4.07. The number of carbonyl (C=O) groups is 1. The smallest absolute Gasteiger partial charge is 0.120 e. The van der Waals surface area contributed by atoms with Crippen molar-refractivity contribution < 1.29 is 4.79 Å². The fourth-order valence-electron chi connectivity index (χ4n) is 1.54. The van der Waals surface area contributed by atoms with E-state index in [1.807, 2.05) is 20.2 Å². The van der Waals surface area contributed by atoms with Crippen molar-refractivity contribution in [2.24, 2.45) is 0 Å². The van der Waals surface area contributed by atoms with Crippen molar-refractivity contribution in [3.63, 3.8) is 0 Å². The summed E-state index contributed by atoms with van der Waals surface area (Å²) in [6.07, 6.45) is 3.50. The minimum Gasteiger partial charge on any atom is -0.377 e. The van der Waals surface area contributed by atoms with Crippen LogP contribution < -0.4 is 4.90 Å². The number of hydrogen-bond donors (Lipinski definition) is 0. The number of anilines is 1.